The van der Waals surface area contributed by atoms with Gasteiger partial charge < -0.3 is 26.4 Å². The van der Waals surface area contributed by atoms with Crippen LogP contribution < -0.4 is 21.7 Å². The third kappa shape index (κ3) is 3.39. The Hall–Kier alpha value is -3.49. The van der Waals surface area contributed by atoms with E-state index in [1.165, 1.54) is 6.07 Å². The number of fused-ring (bicyclic) bond motifs is 1. The van der Waals surface area contributed by atoms with Crippen LogP contribution in [0.15, 0.2) is 59.7 Å². The van der Waals surface area contributed by atoms with Crippen LogP contribution in [0.25, 0.3) is 11.3 Å². The molecule has 2 aliphatic heterocycles. The summed E-state index contributed by atoms with van der Waals surface area (Å²) in [6.45, 7) is 2.88. The number of aromatic nitrogens is 1. The van der Waals surface area contributed by atoms with Crippen LogP contribution in [0, 0.1) is 5.82 Å². The number of nitrogens with one attached hydrogen (secondary N) is 1. The topological polar surface area (TPSA) is 102 Å². The maximum Gasteiger partial charge on any atom is 0.142 e. The van der Waals surface area contributed by atoms with Gasteiger partial charge in [-0.3, -0.25) is 4.98 Å². The number of halogens is 1. The van der Waals surface area contributed by atoms with Crippen molar-refractivity contribution in [2.45, 2.75) is 5.66 Å². The third-order valence-corrected chi connectivity index (χ3v) is 5.78. The Labute approximate surface area is 179 Å². The largest absolute Gasteiger partial charge is 0.397 e. The van der Waals surface area contributed by atoms with Crippen molar-refractivity contribution in [1.82, 2.24) is 10.3 Å². The molecule has 158 valence electrons. The fourth-order valence-electron chi connectivity index (χ4n) is 4.11. The van der Waals surface area contributed by atoms with E-state index in [0.29, 0.717) is 30.2 Å². The number of nitrogen functional groups attached to an aromatic ring is 1. The molecule has 7 nitrogen and oxygen atoms in total. The Kier molecular flexibility index (Phi) is 4.80. The van der Waals surface area contributed by atoms with Crippen molar-refractivity contribution >= 4 is 23.4 Å². The highest BCUT2D eigenvalue weighted by Gasteiger charge is 2.35. The minimum absolute atomic E-state index is 0.337. The Morgan fingerprint density at radius 1 is 1.10 bits per heavy atom. The van der Waals surface area contributed by atoms with Crippen LogP contribution in [0.1, 0.15) is 11.1 Å². The predicted octanol–water partition coefficient (Wildman–Crippen LogP) is 2.73. The average molecular weight is 418 g/mol. The Morgan fingerprint density at radius 2 is 1.90 bits per heavy atom. The molecule has 0 aliphatic carbocycles. The highest BCUT2D eigenvalue weighted by Crippen LogP contribution is 2.40. The first-order chi connectivity index (χ1) is 15.1. The molecular formula is C23H23FN6O. The minimum Gasteiger partial charge on any atom is -0.397 e. The Bertz CT molecular complexity index is 1160. The molecule has 0 radical (unpaired) electrons. The van der Waals surface area contributed by atoms with Crippen LogP contribution in [-0.4, -0.2) is 37.6 Å². The highest BCUT2D eigenvalue weighted by molar-refractivity contribution is 5.81. The number of rotatable bonds is 3. The second-order valence-corrected chi connectivity index (χ2v) is 7.65. The Balaban J connectivity index is 1.58. The molecule has 3 heterocycles. The molecule has 1 atom stereocenters. The molecule has 5 rings (SSSR count). The standard InChI is InChI=1S/C23H23FN6O/c24-18-4-2-1-3-16(18)20-11-15(5-6-27-20)23(26)17-12-19(25)22(13-21(17)28-14-29-23)30-7-9-31-10-8-30/h1-6,11-14H,7-10,25-26H2,(H,28,29). The minimum atomic E-state index is -1.09. The first-order valence-corrected chi connectivity index (χ1v) is 10.1. The summed E-state index contributed by atoms with van der Waals surface area (Å²) < 4.78 is 19.8. The second-order valence-electron chi connectivity index (χ2n) is 7.65. The van der Waals surface area contributed by atoms with Crippen LogP contribution in [0.2, 0.25) is 0 Å². The van der Waals surface area contributed by atoms with E-state index in [1.54, 1.807) is 36.8 Å². The van der Waals surface area contributed by atoms with Crippen LogP contribution in [-0.2, 0) is 10.4 Å². The highest BCUT2D eigenvalue weighted by atomic mass is 19.1. The quantitative estimate of drug-likeness (QED) is 0.566. The van der Waals surface area contributed by atoms with Gasteiger partial charge in [-0.2, -0.15) is 0 Å². The second kappa shape index (κ2) is 7.64. The first kappa shape index (κ1) is 19.5. The van der Waals surface area contributed by atoms with Gasteiger partial charge in [-0.1, -0.05) is 12.1 Å². The zero-order chi connectivity index (χ0) is 21.4. The monoisotopic (exact) mass is 418 g/mol. The average Bonchev–Trinajstić information content (AvgIpc) is 2.80. The van der Waals surface area contributed by atoms with Gasteiger partial charge in [0.15, 0.2) is 0 Å². The van der Waals surface area contributed by atoms with E-state index in [2.05, 4.69) is 20.2 Å². The molecule has 0 amide bonds. The van der Waals surface area contributed by atoms with Gasteiger partial charge in [-0.15, -0.1) is 0 Å². The number of nitrogens with two attached hydrogens (primary N) is 2. The third-order valence-electron chi connectivity index (χ3n) is 5.78. The smallest absolute Gasteiger partial charge is 0.142 e. The Morgan fingerprint density at radius 3 is 2.71 bits per heavy atom. The van der Waals surface area contributed by atoms with Gasteiger partial charge in [0.05, 0.1) is 42.3 Å². The van der Waals surface area contributed by atoms with Gasteiger partial charge >= 0.3 is 0 Å². The molecule has 0 bridgehead atoms. The molecule has 2 aliphatic rings. The number of benzene rings is 2. The maximum absolute atomic E-state index is 14.3. The van der Waals surface area contributed by atoms with Gasteiger partial charge in [0.1, 0.15) is 11.5 Å². The SMILES string of the molecule is Nc1cc2c(cc1N1CCOCC1)N=CNC2(N)c1ccnc(-c2ccccc2F)c1. The molecule has 8 heteroatoms. The summed E-state index contributed by atoms with van der Waals surface area (Å²) in [4.78, 5) is 11.0. The first-order valence-electron chi connectivity index (χ1n) is 10.1. The molecule has 1 unspecified atom stereocenters. The summed E-state index contributed by atoms with van der Waals surface area (Å²) in [7, 11) is 0. The molecule has 5 N–H and O–H groups in total. The summed E-state index contributed by atoms with van der Waals surface area (Å²) in [5, 5.41) is 3.16. The van der Waals surface area contributed by atoms with Crippen molar-refractivity contribution < 1.29 is 9.13 Å². The molecule has 0 saturated carbocycles. The maximum atomic E-state index is 14.3. The van der Waals surface area contributed by atoms with E-state index in [1.807, 2.05) is 18.2 Å². The molecule has 1 aromatic heterocycles. The van der Waals surface area contributed by atoms with Crippen LogP contribution in [0.4, 0.5) is 21.5 Å². The fraction of sp³-hybridized carbons (Fsp3) is 0.217. The van der Waals surface area contributed by atoms with Gasteiger partial charge in [0.2, 0.25) is 0 Å². The lowest BCUT2D eigenvalue weighted by atomic mass is 9.88. The van der Waals surface area contributed by atoms with Crippen molar-refractivity contribution in [2.75, 3.05) is 36.9 Å². The summed E-state index contributed by atoms with van der Waals surface area (Å²) in [6, 6.07) is 14.0. The van der Waals surface area contributed by atoms with Crippen LogP contribution >= 0.6 is 0 Å². The van der Waals surface area contributed by atoms with Crippen molar-refractivity contribution in [3.63, 3.8) is 0 Å². The van der Waals surface area contributed by atoms with E-state index >= 15 is 0 Å². The normalized spacial score (nSPS) is 20.3. The number of morpholine rings is 1. The van der Waals surface area contributed by atoms with Crippen LogP contribution in [0.5, 0.6) is 0 Å². The molecule has 1 fully saturated rings. The van der Waals surface area contributed by atoms with Gasteiger partial charge in [0, 0.05) is 36.0 Å². The van der Waals surface area contributed by atoms with E-state index in [4.69, 9.17) is 16.2 Å². The summed E-state index contributed by atoms with van der Waals surface area (Å²) >= 11 is 0. The molecule has 0 spiro atoms. The van der Waals surface area contributed by atoms with Crippen molar-refractivity contribution in [3.05, 3.63) is 71.7 Å². The molecular weight excluding hydrogens is 395 g/mol. The zero-order valence-electron chi connectivity index (χ0n) is 16.9. The molecule has 1 saturated heterocycles. The lowest BCUT2D eigenvalue weighted by Gasteiger charge is -2.36. The summed E-state index contributed by atoms with van der Waals surface area (Å²) in [5.74, 6) is -0.337. The number of nitrogens with zero attached hydrogens (tertiary/aromatic N) is 3. The number of hydrogen-bond donors (Lipinski definition) is 3. The van der Waals surface area contributed by atoms with E-state index < -0.39 is 5.66 Å². The number of pyridine rings is 1. The van der Waals surface area contributed by atoms with Gasteiger partial charge in [-0.25, -0.2) is 9.38 Å². The molecule has 2 aromatic carbocycles. The number of aliphatic imine (C=N–C) groups is 1. The van der Waals surface area contributed by atoms with Crippen molar-refractivity contribution in [2.24, 2.45) is 10.7 Å². The summed E-state index contributed by atoms with van der Waals surface area (Å²) in [5.41, 5.74) is 16.9. The molecule has 3 aromatic rings. The van der Waals surface area contributed by atoms with Gasteiger partial charge in [0.25, 0.3) is 0 Å². The van der Waals surface area contributed by atoms with Gasteiger partial charge in [-0.05, 0) is 36.4 Å². The van der Waals surface area contributed by atoms with Crippen molar-refractivity contribution in [3.8, 4) is 11.3 Å². The fourth-order valence-corrected chi connectivity index (χ4v) is 4.11. The predicted molar refractivity (Wildman–Crippen MR) is 120 cm³/mol. The van der Waals surface area contributed by atoms with E-state index in [0.717, 1.165) is 35.6 Å². The zero-order valence-corrected chi connectivity index (χ0v) is 16.9. The van der Waals surface area contributed by atoms with E-state index in [-0.39, 0.29) is 5.82 Å². The summed E-state index contributed by atoms with van der Waals surface area (Å²) in [6.07, 6.45) is 3.22. The van der Waals surface area contributed by atoms with Crippen LogP contribution in [0.3, 0.4) is 0 Å². The van der Waals surface area contributed by atoms with E-state index in [9.17, 15) is 4.39 Å². The van der Waals surface area contributed by atoms with Crippen molar-refractivity contribution in [1.29, 1.82) is 0 Å². The number of ether oxygens (including phenoxy) is 1. The lowest BCUT2D eigenvalue weighted by Crippen LogP contribution is -2.52. The lowest BCUT2D eigenvalue weighted by molar-refractivity contribution is 0.123. The molecule has 31 heavy (non-hydrogen) atoms. The number of hydrogen-bond acceptors (Lipinski definition) is 7. The number of anilines is 2.